The van der Waals surface area contributed by atoms with Crippen LogP contribution in [0.2, 0.25) is 0 Å². The Morgan fingerprint density at radius 3 is 2.76 bits per heavy atom. The van der Waals surface area contributed by atoms with E-state index in [1.165, 1.54) is 0 Å². The van der Waals surface area contributed by atoms with Crippen LogP contribution in [0.25, 0.3) is 11.1 Å². The number of aliphatic carboxylic acids is 1. The molecule has 0 saturated heterocycles. The minimum Gasteiger partial charge on any atom is -0.480 e. The van der Waals surface area contributed by atoms with Crippen molar-refractivity contribution in [2.45, 2.75) is 20.4 Å². The number of hydrogen-bond donors (Lipinski definition) is 1. The average Bonchev–Trinajstić information content (AvgIpc) is 2.70. The van der Waals surface area contributed by atoms with Crippen LogP contribution in [0.5, 0.6) is 0 Å². The zero-order chi connectivity index (χ0) is 15.4. The van der Waals surface area contributed by atoms with Crippen LogP contribution in [0.4, 0.5) is 0 Å². The van der Waals surface area contributed by atoms with E-state index in [1.807, 2.05) is 36.9 Å². The number of para-hydroxylation sites is 2. The van der Waals surface area contributed by atoms with Crippen LogP contribution >= 0.6 is 0 Å². The molecule has 0 amide bonds. The lowest BCUT2D eigenvalue weighted by Gasteiger charge is -2.22. The molecule has 21 heavy (non-hydrogen) atoms. The molecule has 1 aromatic heterocycles. The fourth-order valence-electron chi connectivity index (χ4n) is 2.41. The summed E-state index contributed by atoms with van der Waals surface area (Å²) in [5.41, 5.74) is 1.29. The molecule has 0 unspecified atom stereocenters. The number of rotatable bonds is 7. The lowest BCUT2D eigenvalue weighted by atomic mass is 10.2. The highest BCUT2D eigenvalue weighted by molar-refractivity contribution is 5.72. The van der Waals surface area contributed by atoms with Gasteiger partial charge in [-0.05, 0) is 18.1 Å². The molecular formula is C15H20N2O4. The number of nitrogens with zero attached hydrogens (tertiary/aromatic N) is 2. The molecule has 0 spiro atoms. The standard InChI is InChI=1S/C15H20N2O4/c1-11(2)9-16(10-14(18)19)7-8-17-12-5-3-4-6-13(12)21-15(17)20/h3-6,11H,7-10H2,1-2H3,(H,18,19). The second-order valence-electron chi connectivity index (χ2n) is 5.51. The minimum atomic E-state index is -0.861. The smallest absolute Gasteiger partial charge is 0.419 e. The first kappa shape index (κ1) is 15.3. The number of aromatic nitrogens is 1. The molecule has 0 atom stereocenters. The van der Waals surface area contributed by atoms with Crippen LogP contribution in [-0.2, 0) is 11.3 Å². The van der Waals surface area contributed by atoms with Crippen LogP contribution in [0.3, 0.4) is 0 Å². The van der Waals surface area contributed by atoms with Gasteiger partial charge >= 0.3 is 11.7 Å². The van der Waals surface area contributed by atoms with Gasteiger partial charge in [-0.2, -0.15) is 0 Å². The molecule has 0 aliphatic rings. The van der Waals surface area contributed by atoms with Crippen molar-refractivity contribution in [3.63, 3.8) is 0 Å². The molecular weight excluding hydrogens is 272 g/mol. The van der Waals surface area contributed by atoms with Crippen molar-refractivity contribution in [1.82, 2.24) is 9.47 Å². The zero-order valence-corrected chi connectivity index (χ0v) is 12.3. The predicted molar refractivity (Wildman–Crippen MR) is 79.4 cm³/mol. The van der Waals surface area contributed by atoms with E-state index < -0.39 is 11.7 Å². The van der Waals surface area contributed by atoms with Gasteiger partial charge in [-0.1, -0.05) is 26.0 Å². The Hall–Kier alpha value is -2.08. The highest BCUT2D eigenvalue weighted by atomic mass is 16.4. The highest BCUT2D eigenvalue weighted by Gasteiger charge is 2.14. The topological polar surface area (TPSA) is 75.7 Å². The normalized spacial score (nSPS) is 11.6. The number of carboxylic acids is 1. The first-order valence-electron chi connectivity index (χ1n) is 7.00. The Morgan fingerprint density at radius 2 is 2.10 bits per heavy atom. The Bertz CT molecular complexity index is 672. The maximum absolute atomic E-state index is 11.9. The van der Waals surface area contributed by atoms with Crippen molar-refractivity contribution >= 4 is 17.1 Å². The summed E-state index contributed by atoms with van der Waals surface area (Å²) in [7, 11) is 0. The van der Waals surface area contributed by atoms with E-state index in [4.69, 9.17) is 9.52 Å². The first-order chi connectivity index (χ1) is 9.97. The number of fused-ring (bicyclic) bond motifs is 1. The Kier molecular flexibility index (Phi) is 4.80. The van der Waals surface area contributed by atoms with Crippen molar-refractivity contribution in [1.29, 1.82) is 0 Å². The van der Waals surface area contributed by atoms with E-state index in [0.717, 1.165) is 5.52 Å². The van der Waals surface area contributed by atoms with Crippen LogP contribution in [-0.4, -0.2) is 40.2 Å². The van der Waals surface area contributed by atoms with E-state index in [1.54, 1.807) is 10.6 Å². The molecule has 2 rings (SSSR count). The van der Waals surface area contributed by atoms with Crippen LogP contribution < -0.4 is 5.76 Å². The number of carbonyl (C=O) groups is 1. The molecule has 2 aromatic rings. The van der Waals surface area contributed by atoms with Gasteiger partial charge in [0, 0.05) is 19.6 Å². The first-order valence-corrected chi connectivity index (χ1v) is 7.00. The summed E-state index contributed by atoms with van der Waals surface area (Å²) in [6, 6.07) is 7.22. The SMILES string of the molecule is CC(C)CN(CCn1c(=O)oc2ccccc21)CC(=O)O. The molecule has 6 nitrogen and oxygen atoms in total. The lowest BCUT2D eigenvalue weighted by molar-refractivity contribution is -0.138. The second-order valence-corrected chi connectivity index (χ2v) is 5.51. The fourth-order valence-corrected chi connectivity index (χ4v) is 2.41. The summed E-state index contributed by atoms with van der Waals surface area (Å²) in [4.78, 5) is 24.6. The maximum Gasteiger partial charge on any atom is 0.419 e. The van der Waals surface area contributed by atoms with E-state index in [-0.39, 0.29) is 6.54 Å². The zero-order valence-electron chi connectivity index (χ0n) is 12.3. The number of carboxylic acid groups (broad SMARTS) is 1. The highest BCUT2D eigenvalue weighted by Crippen LogP contribution is 2.11. The van der Waals surface area contributed by atoms with Gasteiger partial charge in [-0.3, -0.25) is 14.3 Å². The summed E-state index contributed by atoms with van der Waals surface area (Å²) in [5, 5.41) is 8.95. The van der Waals surface area contributed by atoms with Gasteiger partial charge < -0.3 is 9.52 Å². The number of oxazole rings is 1. The van der Waals surface area contributed by atoms with Gasteiger partial charge in [0.2, 0.25) is 0 Å². The maximum atomic E-state index is 11.9. The molecule has 0 bridgehead atoms. The van der Waals surface area contributed by atoms with Gasteiger partial charge in [0.25, 0.3) is 0 Å². The quantitative estimate of drug-likeness (QED) is 0.839. The molecule has 0 fully saturated rings. The molecule has 0 aliphatic carbocycles. The molecule has 1 heterocycles. The minimum absolute atomic E-state index is 0.0251. The van der Waals surface area contributed by atoms with Crippen molar-refractivity contribution in [2.24, 2.45) is 5.92 Å². The average molecular weight is 292 g/mol. The van der Waals surface area contributed by atoms with Crippen molar-refractivity contribution < 1.29 is 14.3 Å². The van der Waals surface area contributed by atoms with E-state index >= 15 is 0 Å². The lowest BCUT2D eigenvalue weighted by Crippen LogP contribution is -2.36. The van der Waals surface area contributed by atoms with Crippen LogP contribution in [0, 0.1) is 5.92 Å². The largest absolute Gasteiger partial charge is 0.480 e. The Labute approximate surface area is 122 Å². The van der Waals surface area contributed by atoms with Gasteiger partial charge in [-0.25, -0.2) is 4.79 Å². The van der Waals surface area contributed by atoms with E-state index in [2.05, 4.69) is 0 Å². The fraction of sp³-hybridized carbons (Fsp3) is 0.467. The summed E-state index contributed by atoms with van der Waals surface area (Å²) >= 11 is 0. The van der Waals surface area contributed by atoms with Gasteiger partial charge in [0.05, 0.1) is 12.1 Å². The molecule has 0 saturated carbocycles. The summed E-state index contributed by atoms with van der Waals surface area (Å²) in [5.74, 6) is -0.904. The third kappa shape index (κ3) is 3.95. The Morgan fingerprint density at radius 1 is 1.38 bits per heavy atom. The van der Waals surface area contributed by atoms with Gasteiger partial charge in [0.15, 0.2) is 5.58 Å². The van der Waals surface area contributed by atoms with E-state index in [0.29, 0.717) is 31.1 Å². The van der Waals surface area contributed by atoms with E-state index in [9.17, 15) is 9.59 Å². The molecule has 1 aromatic carbocycles. The molecule has 114 valence electrons. The summed E-state index contributed by atoms with van der Waals surface area (Å²) < 4.78 is 6.71. The predicted octanol–water partition coefficient (Wildman–Crippen LogP) is 1.64. The molecule has 1 N–H and O–H groups in total. The Balaban J connectivity index is 2.13. The van der Waals surface area contributed by atoms with Crippen molar-refractivity contribution in [2.75, 3.05) is 19.6 Å². The van der Waals surface area contributed by atoms with Gasteiger partial charge in [-0.15, -0.1) is 0 Å². The molecule has 6 heteroatoms. The number of benzene rings is 1. The third-order valence-electron chi connectivity index (χ3n) is 3.20. The monoisotopic (exact) mass is 292 g/mol. The summed E-state index contributed by atoms with van der Waals surface area (Å²) in [6.45, 7) is 5.63. The number of hydrogen-bond acceptors (Lipinski definition) is 4. The van der Waals surface area contributed by atoms with Crippen molar-refractivity contribution in [3.05, 3.63) is 34.8 Å². The van der Waals surface area contributed by atoms with Crippen LogP contribution in [0.1, 0.15) is 13.8 Å². The van der Waals surface area contributed by atoms with Crippen molar-refractivity contribution in [3.8, 4) is 0 Å². The molecule has 0 radical (unpaired) electrons. The van der Waals surface area contributed by atoms with Gasteiger partial charge in [0.1, 0.15) is 0 Å². The van der Waals surface area contributed by atoms with Crippen LogP contribution in [0.15, 0.2) is 33.5 Å². The third-order valence-corrected chi connectivity index (χ3v) is 3.20. The summed E-state index contributed by atoms with van der Waals surface area (Å²) in [6.07, 6.45) is 0. The second kappa shape index (κ2) is 6.58. The molecule has 0 aliphatic heterocycles.